The first-order chi connectivity index (χ1) is 35.5. The number of benzene rings is 4. The second kappa shape index (κ2) is 35.6. The highest BCUT2D eigenvalue weighted by molar-refractivity contribution is 6.09. The van der Waals surface area contributed by atoms with Crippen molar-refractivity contribution >= 4 is 40.9 Å². The first-order valence-corrected chi connectivity index (χ1v) is 26.7. The number of ether oxygens (including phenoxy) is 2. The lowest BCUT2D eigenvalue weighted by Crippen LogP contribution is -2.36. The Kier molecular flexibility index (Phi) is 28.8. The number of aryl methyl sites for hydroxylation is 1. The van der Waals surface area contributed by atoms with Gasteiger partial charge in [0.15, 0.2) is 11.6 Å². The molecular formula is C60H82N6O7. The quantitative estimate of drug-likeness (QED) is 0.0166. The molecule has 2 atom stereocenters. The van der Waals surface area contributed by atoms with Crippen LogP contribution in [0.4, 0.5) is 4.79 Å². The molecule has 4 rings (SSSR count). The minimum atomic E-state index is -0.409. The summed E-state index contributed by atoms with van der Waals surface area (Å²) in [4.78, 5) is 65.2. The van der Waals surface area contributed by atoms with Gasteiger partial charge < -0.3 is 36.2 Å². The Bertz CT molecular complexity index is 2140. The molecule has 0 aliphatic carbocycles. The van der Waals surface area contributed by atoms with Crippen molar-refractivity contribution in [1.29, 1.82) is 10.8 Å². The van der Waals surface area contributed by atoms with E-state index in [1.165, 1.54) is 5.56 Å². The number of unbranched alkanes of at least 4 members (excludes halogenated alkanes) is 5. The lowest BCUT2D eigenvalue weighted by Gasteiger charge is -2.23. The van der Waals surface area contributed by atoms with E-state index in [1.807, 2.05) is 92.7 Å². The number of nitrogens with zero attached hydrogens (tertiary/aromatic N) is 1. The fourth-order valence-electron chi connectivity index (χ4n) is 8.39. The average Bonchev–Trinajstić information content (AvgIpc) is 3.40. The van der Waals surface area contributed by atoms with Crippen molar-refractivity contribution in [1.82, 2.24) is 20.9 Å². The summed E-state index contributed by atoms with van der Waals surface area (Å²) in [5, 5.41) is 25.5. The number of Topliss-reactive ketones (excluding diaryl/α,β-unsaturated/α-hetero) is 2. The van der Waals surface area contributed by atoms with E-state index in [2.05, 4.69) is 33.0 Å². The number of hydrogen-bond acceptors (Lipinski definition) is 10. The number of carbonyl (C=O) groups excluding carboxylic acids is 5. The van der Waals surface area contributed by atoms with Crippen molar-refractivity contribution in [3.05, 3.63) is 138 Å². The van der Waals surface area contributed by atoms with Crippen LogP contribution in [0.15, 0.2) is 115 Å². The molecule has 0 spiro atoms. The summed E-state index contributed by atoms with van der Waals surface area (Å²) in [5.74, 6) is 0.603. The second-order valence-electron chi connectivity index (χ2n) is 19.2. The Balaban J connectivity index is 1.12. The second-order valence-corrected chi connectivity index (χ2v) is 19.2. The van der Waals surface area contributed by atoms with Crippen LogP contribution in [0.2, 0.25) is 0 Å². The van der Waals surface area contributed by atoms with Gasteiger partial charge in [-0.1, -0.05) is 143 Å². The molecule has 0 saturated carbocycles. The predicted octanol–water partition coefficient (Wildman–Crippen LogP) is 11.4. The highest BCUT2D eigenvalue weighted by atomic mass is 16.5. The van der Waals surface area contributed by atoms with Crippen molar-refractivity contribution in [2.75, 3.05) is 45.9 Å². The largest absolute Gasteiger partial charge is 0.492 e. The van der Waals surface area contributed by atoms with E-state index in [0.29, 0.717) is 68.2 Å². The van der Waals surface area contributed by atoms with Crippen LogP contribution in [0, 0.1) is 22.7 Å². The van der Waals surface area contributed by atoms with Gasteiger partial charge in [0, 0.05) is 73.4 Å². The molecular weight excluding hydrogens is 917 g/mol. The molecule has 0 heterocycles. The van der Waals surface area contributed by atoms with Crippen LogP contribution in [0.3, 0.4) is 0 Å². The maximum absolute atomic E-state index is 13.0. The van der Waals surface area contributed by atoms with Crippen molar-refractivity contribution in [2.24, 2.45) is 11.8 Å². The average molecular weight is 999 g/mol. The highest BCUT2D eigenvalue weighted by Crippen LogP contribution is 2.17. The Morgan fingerprint density at radius 2 is 0.986 bits per heavy atom. The molecule has 0 fully saturated rings. The molecule has 13 nitrogen and oxygen atoms in total. The van der Waals surface area contributed by atoms with Crippen LogP contribution >= 0.6 is 0 Å². The Morgan fingerprint density at radius 1 is 0.507 bits per heavy atom. The van der Waals surface area contributed by atoms with Crippen LogP contribution in [0.5, 0.6) is 5.75 Å². The molecule has 3 amide bonds. The van der Waals surface area contributed by atoms with Gasteiger partial charge in [0.2, 0.25) is 11.8 Å². The molecule has 0 unspecified atom stereocenters. The van der Waals surface area contributed by atoms with Gasteiger partial charge in [-0.15, -0.1) is 0 Å². The molecule has 0 aliphatic rings. The third-order valence-electron chi connectivity index (χ3n) is 12.9. The maximum Gasteiger partial charge on any atom is 0.407 e. The minimum Gasteiger partial charge on any atom is -0.492 e. The zero-order valence-corrected chi connectivity index (χ0v) is 43.6. The normalized spacial score (nSPS) is 11.8. The fourth-order valence-corrected chi connectivity index (χ4v) is 8.39. The molecule has 4 aromatic rings. The Morgan fingerprint density at radius 3 is 1.49 bits per heavy atom. The van der Waals surface area contributed by atoms with Crippen molar-refractivity contribution in [2.45, 2.75) is 130 Å². The van der Waals surface area contributed by atoms with E-state index in [9.17, 15) is 24.0 Å². The third-order valence-corrected chi connectivity index (χ3v) is 12.9. The molecule has 73 heavy (non-hydrogen) atoms. The van der Waals surface area contributed by atoms with Crippen LogP contribution < -0.4 is 20.7 Å². The molecule has 13 heteroatoms. The van der Waals surface area contributed by atoms with Gasteiger partial charge in [-0.2, -0.15) is 0 Å². The van der Waals surface area contributed by atoms with Crippen LogP contribution in [0.1, 0.15) is 148 Å². The molecule has 0 saturated heterocycles. The first-order valence-electron chi connectivity index (χ1n) is 26.7. The van der Waals surface area contributed by atoms with E-state index in [0.717, 1.165) is 108 Å². The van der Waals surface area contributed by atoms with Gasteiger partial charge in [0.1, 0.15) is 19.0 Å². The molecule has 4 aromatic carbocycles. The van der Waals surface area contributed by atoms with E-state index < -0.39 is 6.09 Å². The van der Waals surface area contributed by atoms with Gasteiger partial charge >= 0.3 is 6.09 Å². The Hall–Kier alpha value is -6.47. The number of carbonyl (C=O) groups is 5. The number of amides is 3. The smallest absolute Gasteiger partial charge is 0.407 e. The molecule has 0 bridgehead atoms. The molecule has 0 aliphatic heterocycles. The van der Waals surface area contributed by atoms with Crippen molar-refractivity contribution in [3.8, 4) is 5.75 Å². The monoisotopic (exact) mass is 999 g/mol. The SMILES string of the molecule is C[C@@H](CCCCCC(=N)CC(=O)c1ccccc1)C(=O)NCCCN(CCCNC(=O)[C@@H](C)CCCCCC(=N)CC(=O)c1ccccc1)CCOc1ccc(CCCCNC(=O)OCc2ccccc2)cc1. The summed E-state index contributed by atoms with van der Waals surface area (Å²) in [7, 11) is 0. The topological polar surface area (TPSA) is 191 Å². The predicted molar refractivity (Wildman–Crippen MR) is 292 cm³/mol. The van der Waals surface area contributed by atoms with E-state index in [1.54, 1.807) is 24.3 Å². The summed E-state index contributed by atoms with van der Waals surface area (Å²) < 4.78 is 11.5. The van der Waals surface area contributed by atoms with Crippen molar-refractivity contribution < 1.29 is 33.4 Å². The first kappa shape index (κ1) is 59.1. The van der Waals surface area contributed by atoms with Gasteiger partial charge in [-0.25, -0.2) is 4.79 Å². The summed E-state index contributed by atoms with van der Waals surface area (Å²) in [6, 6.07) is 36.0. The zero-order valence-electron chi connectivity index (χ0n) is 43.6. The molecule has 0 aromatic heterocycles. The van der Waals surface area contributed by atoms with Gasteiger partial charge in [0.25, 0.3) is 0 Å². The van der Waals surface area contributed by atoms with Gasteiger partial charge in [0.05, 0.1) is 0 Å². The maximum atomic E-state index is 13.0. The van der Waals surface area contributed by atoms with Gasteiger partial charge in [-0.3, -0.25) is 24.1 Å². The van der Waals surface area contributed by atoms with Crippen molar-refractivity contribution in [3.63, 3.8) is 0 Å². The summed E-state index contributed by atoms with van der Waals surface area (Å²) in [6.07, 6.45) is 12.0. The van der Waals surface area contributed by atoms with Crippen LogP contribution in [0.25, 0.3) is 0 Å². The standard InChI is InChI=1S/C60H82N6O7/c1-47(22-8-3-16-31-53(61)44-56(67)51-27-12-6-13-28-51)58(69)63-38-20-40-66(41-21-39-64-59(70)48(2)23-9-4-17-32-54(62)45-57(68)52-29-14-7-15-30-52)42-43-72-55-35-33-49(34-36-55)24-18-19-37-65-60(71)73-46-50-25-10-5-11-26-50/h5-7,10-15,25-30,33-36,47-48,61-62H,3-4,8-9,16-24,31-32,37-46H2,1-2H3,(H,63,69)(H,64,70)(H,65,71)/t47-,48-/m0/s1. The summed E-state index contributed by atoms with van der Waals surface area (Å²) >= 11 is 0. The van der Waals surface area contributed by atoms with E-state index in [4.69, 9.17) is 20.3 Å². The lowest BCUT2D eigenvalue weighted by molar-refractivity contribution is -0.125. The molecule has 5 N–H and O–H groups in total. The fraction of sp³-hybridized carbons (Fsp3) is 0.483. The minimum absolute atomic E-state index is 0.0236. The van der Waals surface area contributed by atoms with E-state index >= 15 is 0 Å². The summed E-state index contributed by atoms with van der Waals surface area (Å²) in [5.41, 5.74) is 4.33. The van der Waals surface area contributed by atoms with E-state index in [-0.39, 0.29) is 54.7 Å². The number of hydrogen-bond donors (Lipinski definition) is 5. The number of nitrogens with one attached hydrogen (secondary N) is 5. The highest BCUT2D eigenvalue weighted by Gasteiger charge is 2.16. The molecule has 394 valence electrons. The molecule has 0 radical (unpaired) electrons. The van der Waals surface area contributed by atoms with Gasteiger partial charge in [-0.05, 0) is 107 Å². The zero-order chi connectivity index (χ0) is 52.3. The van der Waals surface area contributed by atoms with Crippen LogP contribution in [-0.4, -0.2) is 91.7 Å². The number of alkyl carbamates (subject to hydrolysis) is 1. The third kappa shape index (κ3) is 26.2. The summed E-state index contributed by atoms with van der Waals surface area (Å²) in [6.45, 7) is 8.54. The van der Waals surface area contributed by atoms with Crippen LogP contribution in [-0.2, 0) is 27.4 Å². The lowest BCUT2D eigenvalue weighted by atomic mass is 9.99. The Labute approximate surface area is 435 Å². The number of rotatable bonds is 39. The number of ketones is 2.